The molecule has 92 valence electrons. The van der Waals surface area contributed by atoms with E-state index < -0.39 is 0 Å². The molecule has 2 aliphatic carbocycles. The van der Waals surface area contributed by atoms with Crippen molar-refractivity contribution in [2.75, 3.05) is 17.2 Å². The highest BCUT2D eigenvalue weighted by molar-refractivity contribution is 14.1. The number of nitrogen functional groups attached to an aromatic ring is 1. The van der Waals surface area contributed by atoms with Crippen LogP contribution in [-0.2, 0) is 0 Å². The molecule has 1 aromatic rings. The number of halogens is 2. The second-order valence-electron chi connectivity index (χ2n) is 5.15. The molecule has 2 nitrogen and oxygen atoms in total. The highest BCUT2D eigenvalue weighted by Gasteiger charge is 2.34. The second-order valence-corrected chi connectivity index (χ2v) is 6.31. The number of hydrogen-bond acceptors (Lipinski definition) is 2. The van der Waals surface area contributed by atoms with Crippen LogP contribution in [-0.4, -0.2) is 12.6 Å². The van der Waals surface area contributed by atoms with Crippen molar-refractivity contribution < 1.29 is 4.39 Å². The highest BCUT2D eigenvalue weighted by atomic mass is 127. The molecule has 2 saturated carbocycles. The van der Waals surface area contributed by atoms with Gasteiger partial charge in [0.25, 0.3) is 0 Å². The minimum atomic E-state index is -0.156. The van der Waals surface area contributed by atoms with Gasteiger partial charge in [0, 0.05) is 18.7 Å². The van der Waals surface area contributed by atoms with E-state index in [0.717, 1.165) is 18.2 Å². The van der Waals surface area contributed by atoms with Gasteiger partial charge in [-0.2, -0.15) is 0 Å². The van der Waals surface area contributed by atoms with E-state index in [2.05, 4.69) is 4.90 Å². The van der Waals surface area contributed by atoms with Crippen molar-refractivity contribution in [2.24, 2.45) is 5.92 Å². The van der Waals surface area contributed by atoms with Crippen molar-refractivity contribution in [3.8, 4) is 0 Å². The molecule has 0 atom stereocenters. The third-order valence-corrected chi connectivity index (χ3v) is 4.35. The van der Waals surface area contributed by atoms with Crippen LogP contribution in [0.2, 0.25) is 0 Å². The van der Waals surface area contributed by atoms with Crippen molar-refractivity contribution in [3.05, 3.63) is 21.5 Å². The molecule has 0 saturated heterocycles. The van der Waals surface area contributed by atoms with Crippen LogP contribution in [0.3, 0.4) is 0 Å². The molecular formula is C13H16FIN2. The first-order chi connectivity index (χ1) is 8.15. The molecule has 2 aliphatic rings. The average Bonchev–Trinajstić information content (AvgIpc) is 3.14. The van der Waals surface area contributed by atoms with Gasteiger partial charge in [-0.1, -0.05) is 0 Å². The van der Waals surface area contributed by atoms with Crippen LogP contribution < -0.4 is 10.6 Å². The Labute approximate surface area is 115 Å². The van der Waals surface area contributed by atoms with Crippen LogP contribution in [0.5, 0.6) is 0 Å². The minimum Gasteiger partial charge on any atom is -0.397 e. The quantitative estimate of drug-likeness (QED) is 0.669. The predicted molar refractivity (Wildman–Crippen MR) is 76.6 cm³/mol. The first kappa shape index (κ1) is 11.6. The monoisotopic (exact) mass is 346 g/mol. The first-order valence-corrected chi connectivity index (χ1v) is 7.24. The summed E-state index contributed by atoms with van der Waals surface area (Å²) in [6.07, 6.45) is 5.07. The average molecular weight is 346 g/mol. The fraction of sp³-hybridized carbons (Fsp3) is 0.538. The number of rotatable bonds is 4. The molecule has 0 radical (unpaired) electrons. The van der Waals surface area contributed by atoms with Crippen LogP contribution in [0.1, 0.15) is 25.7 Å². The molecule has 3 rings (SSSR count). The molecule has 1 aromatic carbocycles. The standard InChI is InChI=1S/C13H16FIN2/c14-10-5-13(12(16)6-11(10)15)17(9-3-4-9)7-8-1-2-8/h5-6,8-9H,1-4,7,16H2. The van der Waals surface area contributed by atoms with Crippen LogP contribution in [0, 0.1) is 15.3 Å². The Kier molecular flexibility index (Phi) is 2.92. The smallest absolute Gasteiger partial charge is 0.138 e. The topological polar surface area (TPSA) is 29.3 Å². The summed E-state index contributed by atoms with van der Waals surface area (Å²) in [5.74, 6) is 0.647. The van der Waals surface area contributed by atoms with Crippen molar-refractivity contribution in [2.45, 2.75) is 31.7 Å². The van der Waals surface area contributed by atoms with E-state index in [1.54, 1.807) is 12.1 Å². The van der Waals surface area contributed by atoms with Crippen molar-refractivity contribution >= 4 is 34.0 Å². The summed E-state index contributed by atoms with van der Waals surface area (Å²) in [4.78, 5) is 2.33. The van der Waals surface area contributed by atoms with Gasteiger partial charge in [-0.05, 0) is 60.3 Å². The maximum atomic E-state index is 13.7. The van der Waals surface area contributed by atoms with E-state index in [0.29, 0.717) is 15.3 Å². The summed E-state index contributed by atoms with van der Waals surface area (Å²) in [7, 11) is 0. The fourth-order valence-electron chi connectivity index (χ4n) is 2.21. The summed E-state index contributed by atoms with van der Waals surface area (Å²) in [6.45, 7) is 1.05. The SMILES string of the molecule is Nc1cc(I)c(F)cc1N(CC1CC1)C1CC1. The van der Waals surface area contributed by atoms with Crippen LogP contribution in [0.15, 0.2) is 12.1 Å². The van der Waals surface area contributed by atoms with Crippen molar-refractivity contribution in [1.82, 2.24) is 0 Å². The summed E-state index contributed by atoms with van der Waals surface area (Å²) in [5.41, 5.74) is 7.65. The largest absolute Gasteiger partial charge is 0.397 e. The Balaban J connectivity index is 1.90. The Bertz CT molecular complexity index is 441. The minimum absolute atomic E-state index is 0.156. The molecule has 0 aromatic heterocycles. The normalized spacial score (nSPS) is 19.4. The molecule has 0 spiro atoms. The molecule has 4 heteroatoms. The zero-order chi connectivity index (χ0) is 12.0. The summed E-state index contributed by atoms with van der Waals surface area (Å²) < 4.78 is 14.3. The van der Waals surface area contributed by atoms with Crippen molar-refractivity contribution in [3.63, 3.8) is 0 Å². The Hall–Kier alpha value is -0.520. The van der Waals surface area contributed by atoms with Gasteiger partial charge in [-0.15, -0.1) is 0 Å². The Morgan fingerprint density at radius 1 is 1.29 bits per heavy atom. The highest BCUT2D eigenvalue weighted by Crippen LogP contribution is 2.40. The van der Waals surface area contributed by atoms with Gasteiger partial charge in [0.2, 0.25) is 0 Å². The molecule has 0 amide bonds. The maximum absolute atomic E-state index is 13.7. The van der Waals surface area contributed by atoms with Gasteiger partial charge >= 0.3 is 0 Å². The van der Waals surface area contributed by atoms with Crippen LogP contribution in [0.25, 0.3) is 0 Å². The van der Waals surface area contributed by atoms with Crippen molar-refractivity contribution in [1.29, 1.82) is 0 Å². The Morgan fingerprint density at radius 3 is 2.59 bits per heavy atom. The molecule has 17 heavy (non-hydrogen) atoms. The lowest BCUT2D eigenvalue weighted by Crippen LogP contribution is -2.29. The van der Waals surface area contributed by atoms with E-state index in [9.17, 15) is 4.39 Å². The zero-order valence-electron chi connectivity index (χ0n) is 9.63. The number of nitrogens with two attached hydrogens (primary N) is 1. The number of benzene rings is 1. The third kappa shape index (κ3) is 2.51. The zero-order valence-corrected chi connectivity index (χ0v) is 11.8. The van der Waals surface area contributed by atoms with E-state index in [1.165, 1.54) is 25.7 Å². The molecule has 0 unspecified atom stereocenters. The number of hydrogen-bond donors (Lipinski definition) is 1. The lowest BCUT2D eigenvalue weighted by Gasteiger charge is -2.26. The van der Waals surface area contributed by atoms with E-state index >= 15 is 0 Å². The second kappa shape index (κ2) is 4.30. The lowest BCUT2D eigenvalue weighted by atomic mass is 10.2. The molecule has 0 aliphatic heterocycles. The van der Waals surface area contributed by atoms with Gasteiger partial charge in [0.15, 0.2) is 0 Å². The van der Waals surface area contributed by atoms with Crippen LogP contribution in [0.4, 0.5) is 15.8 Å². The van der Waals surface area contributed by atoms with Gasteiger partial charge in [-0.25, -0.2) is 4.39 Å². The van der Waals surface area contributed by atoms with Crippen LogP contribution >= 0.6 is 22.6 Å². The van der Waals surface area contributed by atoms with Gasteiger partial charge < -0.3 is 10.6 Å². The number of nitrogens with zero attached hydrogens (tertiary/aromatic N) is 1. The van der Waals surface area contributed by atoms with Gasteiger partial charge in [0.05, 0.1) is 14.9 Å². The lowest BCUT2D eigenvalue weighted by molar-refractivity contribution is 0.618. The first-order valence-electron chi connectivity index (χ1n) is 6.16. The summed E-state index contributed by atoms with van der Waals surface area (Å²) in [6, 6.07) is 3.95. The fourth-order valence-corrected chi connectivity index (χ4v) is 2.70. The molecular weight excluding hydrogens is 330 g/mol. The molecule has 2 fully saturated rings. The molecule has 0 heterocycles. The third-order valence-electron chi connectivity index (χ3n) is 3.52. The van der Waals surface area contributed by atoms with E-state index in [-0.39, 0.29) is 5.82 Å². The Morgan fingerprint density at radius 2 is 2.00 bits per heavy atom. The van der Waals surface area contributed by atoms with Gasteiger partial charge in [0.1, 0.15) is 5.82 Å². The van der Waals surface area contributed by atoms with Gasteiger partial charge in [-0.3, -0.25) is 0 Å². The predicted octanol–water partition coefficient (Wildman–Crippen LogP) is 3.39. The number of anilines is 2. The maximum Gasteiger partial charge on any atom is 0.138 e. The summed E-state index contributed by atoms with van der Waals surface area (Å²) >= 11 is 1.99. The van der Waals surface area contributed by atoms with E-state index in [4.69, 9.17) is 5.73 Å². The molecule has 2 N–H and O–H groups in total. The molecule has 0 bridgehead atoms. The van der Waals surface area contributed by atoms with E-state index in [1.807, 2.05) is 22.6 Å². The summed E-state index contributed by atoms with van der Waals surface area (Å²) in [5, 5.41) is 0.